The van der Waals surface area contributed by atoms with Gasteiger partial charge in [-0.05, 0) is 41.9 Å². The van der Waals surface area contributed by atoms with E-state index in [1.165, 1.54) is 11.3 Å². The number of aromatic nitrogens is 1. The molecule has 6 rings (SSSR count). The van der Waals surface area contributed by atoms with Crippen LogP contribution in [0.25, 0.3) is 0 Å². The van der Waals surface area contributed by atoms with Gasteiger partial charge < -0.3 is 15.0 Å². The van der Waals surface area contributed by atoms with E-state index in [0.29, 0.717) is 0 Å². The van der Waals surface area contributed by atoms with E-state index in [0.717, 1.165) is 32.5 Å². The minimum absolute atomic E-state index is 0.00313. The summed E-state index contributed by atoms with van der Waals surface area (Å²) in [6.45, 7) is -0.567. The fourth-order valence-electron chi connectivity index (χ4n) is 6.72. The number of carbonyl (C=O) groups is 3. The molecule has 10 heteroatoms. The maximum Gasteiger partial charge on any atom is 0.323 e. The lowest BCUT2D eigenvalue weighted by molar-refractivity contribution is -0.149. The second-order valence-corrected chi connectivity index (χ2v) is 11.8. The lowest BCUT2D eigenvalue weighted by atomic mass is 9.68. The molecule has 1 saturated heterocycles. The van der Waals surface area contributed by atoms with Gasteiger partial charge in [-0.15, -0.1) is 11.8 Å². The molecule has 3 fully saturated rings. The molecule has 1 aromatic carbocycles. The average molecular weight is 486 g/mol. The molecule has 2 amide bonds. The quantitative estimate of drug-likeness (QED) is 0.638. The highest BCUT2D eigenvalue weighted by Gasteiger charge is 2.69. The SMILES string of the molecule is CN(C)c1ccc([C@@H]2c3sc(=O)[nH]c3S[C@@H]3[C@H]4C[C@@H]([C@@H]5C(=O)N(CC(=O)O)C(=O)[C@@H]45)[C@H]23)cc1. The van der Waals surface area contributed by atoms with Crippen molar-refractivity contribution in [1.82, 2.24) is 9.88 Å². The Morgan fingerprint density at radius 2 is 1.79 bits per heavy atom. The first-order valence-electron chi connectivity index (χ1n) is 11.0. The molecule has 2 aliphatic carbocycles. The first kappa shape index (κ1) is 21.0. The van der Waals surface area contributed by atoms with E-state index in [-0.39, 0.29) is 45.6 Å². The van der Waals surface area contributed by atoms with Gasteiger partial charge in [0.05, 0.1) is 16.9 Å². The Balaban J connectivity index is 1.43. The Bertz CT molecular complexity index is 1240. The molecule has 172 valence electrons. The number of thioether (sulfide) groups is 1. The Hall–Kier alpha value is -2.59. The predicted octanol–water partition coefficient (Wildman–Crippen LogP) is 2.06. The second kappa shape index (κ2) is 7.20. The summed E-state index contributed by atoms with van der Waals surface area (Å²) in [7, 11) is 3.97. The molecule has 0 unspecified atom stereocenters. The monoisotopic (exact) mass is 485 g/mol. The maximum atomic E-state index is 13.2. The molecular weight excluding hydrogens is 462 g/mol. The molecule has 2 N–H and O–H groups in total. The summed E-state index contributed by atoms with van der Waals surface area (Å²) in [4.78, 5) is 56.7. The number of fused-ring (bicyclic) bond motifs is 9. The molecule has 4 aliphatic rings. The molecule has 3 heterocycles. The Kier molecular flexibility index (Phi) is 4.58. The van der Waals surface area contributed by atoms with Crippen LogP contribution in [0.15, 0.2) is 34.1 Å². The van der Waals surface area contributed by atoms with Crippen LogP contribution in [0, 0.1) is 29.6 Å². The van der Waals surface area contributed by atoms with Crippen molar-refractivity contribution in [3.05, 3.63) is 44.4 Å². The number of aliphatic carboxylic acids is 1. The van der Waals surface area contributed by atoms with Gasteiger partial charge in [-0.25, -0.2) is 0 Å². The lowest BCUT2D eigenvalue weighted by Gasteiger charge is -2.43. The van der Waals surface area contributed by atoms with E-state index in [9.17, 15) is 24.3 Å². The number of carboxylic acids is 1. The van der Waals surface area contributed by atoms with E-state index in [1.54, 1.807) is 11.8 Å². The largest absolute Gasteiger partial charge is 0.480 e. The number of amides is 2. The number of aromatic amines is 1. The standard InChI is InChI=1S/C23H23N3O5S2/c1-25(2)10-5-3-9(4-6-10)14-15-11-7-12(18(15)32-20-19(14)33-23(31)24-20)17-16(11)21(29)26(22(17)30)8-13(27)28/h3-6,11-12,14-18H,7-8H2,1-2H3,(H,24,31)(H,27,28)/t11-,12+,14+,15-,16+,17+,18-/m1/s1. The van der Waals surface area contributed by atoms with Gasteiger partial charge in [0.25, 0.3) is 0 Å². The molecule has 2 aromatic rings. The second-order valence-electron chi connectivity index (χ2n) is 9.60. The van der Waals surface area contributed by atoms with Crippen molar-refractivity contribution in [2.75, 3.05) is 25.5 Å². The fourth-order valence-corrected chi connectivity index (χ4v) is 9.61. The molecule has 33 heavy (non-hydrogen) atoms. The van der Waals surface area contributed by atoms with Gasteiger partial charge in [0.1, 0.15) is 6.54 Å². The van der Waals surface area contributed by atoms with Gasteiger partial charge in [-0.2, -0.15) is 0 Å². The molecule has 0 spiro atoms. The average Bonchev–Trinajstić information content (AvgIpc) is 3.49. The molecule has 1 aromatic heterocycles. The molecule has 7 atom stereocenters. The van der Waals surface area contributed by atoms with Gasteiger partial charge in [-0.1, -0.05) is 23.5 Å². The Morgan fingerprint density at radius 1 is 1.12 bits per heavy atom. The molecule has 2 aliphatic heterocycles. The van der Waals surface area contributed by atoms with Crippen LogP contribution in [0.4, 0.5) is 5.69 Å². The smallest absolute Gasteiger partial charge is 0.323 e. The first-order valence-corrected chi connectivity index (χ1v) is 12.7. The van der Waals surface area contributed by atoms with Crippen LogP contribution in [0.3, 0.4) is 0 Å². The third-order valence-electron chi connectivity index (χ3n) is 7.88. The zero-order chi connectivity index (χ0) is 23.2. The van der Waals surface area contributed by atoms with Crippen LogP contribution >= 0.6 is 23.1 Å². The summed E-state index contributed by atoms with van der Waals surface area (Å²) < 4.78 is 0. The number of anilines is 1. The summed E-state index contributed by atoms with van der Waals surface area (Å²) in [6, 6.07) is 8.33. The number of hydrogen-bond donors (Lipinski definition) is 2. The Morgan fingerprint density at radius 3 is 2.42 bits per heavy atom. The third-order valence-corrected chi connectivity index (χ3v) is 10.5. The maximum absolute atomic E-state index is 13.2. The first-order chi connectivity index (χ1) is 15.8. The summed E-state index contributed by atoms with van der Waals surface area (Å²) >= 11 is 2.87. The van der Waals surface area contributed by atoms with Crippen molar-refractivity contribution in [3.63, 3.8) is 0 Å². The van der Waals surface area contributed by atoms with E-state index >= 15 is 0 Å². The van der Waals surface area contributed by atoms with Crippen molar-refractivity contribution in [1.29, 1.82) is 0 Å². The summed E-state index contributed by atoms with van der Waals surface area (Å²) in [5.74, 6) is -2.65. The number of rotatable bonds is 4. The number of H-pyrrole nitrogens is 1. The Labute approximate surface area is 198 Å². The predicted molar refractivity (Wildman–Crippen MR) is 124 cm³/mol. The molecule has 2 saturated carbocycles. The van der Waals surface area contributed by atoms with E-state index in [1.807, 2.05) is 19.0 Å². The summed E-state index contributed by atoms with van der Waals surface area (Å²) in [5, 5.41) is 10.2. The van der Waals surface area contributed by atoms with Gasteiger partial charge in [-0.3, -0.25) is 24.1 Å². The summed E-state index contributed by atoms with van der Waals surface area (Å²) in [5.41, 5.74) is 2.19. The van der Waals surface area contributed by atoms with Crippen molar-refractivity contribution < 1.29 is 19.5 Å². The molecular formula is C23H23N3O5S2. The topological polar surface area (TPSA) is 111 Å². The van der Waals surface area contributed by atoms with Crippen LogP contribution in [-0.4, -0.2) is 58.7 Å². The van der Waals surface area contributed by atoms with Crippen LogP contribution in [0.2, 0.25) is 0 Å². The van der Waals surface area contributed by atoms with Crippen LogP contribution in [-0.2, 0) is 14.4 Å². The number of hydrogen-bond acceptors (Lipinski definition) is 7. The minimum atomic E-state index is -1.17. The zero-order valence-electron chi connectivity index (χ0n) is 18.1. The van der Waals surface area contributed by atoms with Crippen LogP contribution in [0.5, 0.6) is 0 Å². The van der Waals surface area contributed by atoms with Crippen molar-refractivity contribution in [3.8, 4) is 0 Å². The number of imide groups is 1. The molecule has 2 bridgehead atoms. The van der Waals surface area contributed by atoms with Gasteiger partial charge in [0.2, 0.25) is 11.8 Å². The number of nitrogens with zero attached hydrogens (tertiary/aromatic N) is 2. The molecule has 8 nitrogen and oxygen atoms in total. The minimum Gasteiger partial charge on any atom is -0.480 e. The van der Waals surface area contributed by atoms with Crippen LogP contribution in [0.1, 0.15) is 22.8 Å². The highest BCUT2D eigenvalue weighted by atomic mass is 32.2. The van der Waals surface area contributed by atoms with Gasteiger partial charge in [0, 0.05) is 35.8 Å². The zero-order valence-corrected chi connectivity index (χ0v) is 19.7. The van der Waals surface area contributed by atoms with E-state index < -0.39 is 24.3 Å². The number of likely N-dealkylation sites (tertiary alicyclic amines) is 1. The van der Waals surface area contributed by atoms with Crippen molar-refractivity contribution >= 4 is 46.6 Å². The number of carboxylic acid groups (broad SMARTS) is 1. The third kappa shape index (κ3) is 2.89. The number of carbonyl (C=O) groups excluding carboxylic acids is 2. The fraction of sp³-hybridized carbons (Fsp3) is 0.478. The van der Waals surface area contributed by atoms with Crippen LogP contribution < -0.4 is 9.77 Å². The van der Waals surface area contributed by atoms with E-state index in [4.69, 9.17) is 0 Å². The number of nitrogens with one attached hydrogen (secondary N) is 1. The number of benzene rings is 1. The molecule has 0 radical (unpaired) electrons. The number of thiazole rings is 1. The van der Waals surface area contributed by atoms with E-state index in [2.05, 4.69) is 29.2 Å². The highest BCUT2D eigenvalue weighted by Crippen LogP contribution is 2.68. The van der Waals surface area contributed by atoms with Gasteiger partial charge in [0.15, 0.2) is 0 Å². The van der Waals surface area contributed by atoms with Crippen molar-refractivity contribution in [2.45, 2.75) is 22.6 Å². The normalized spacial score (nSPS) is 33.8. The lowest BCUT2D eigenvalue weighted by Crippen LogP contribution is -2.42. The summed E-state index contributed by atoms with van der Waals surface area (Å²) in [6.07, 6.45) is 0.793. The van der Waals surface area contributed by atoms with Crippen molar-refractivity contribution in [2.24, 2.45) is 29.6 Å². The highest BCUT2D eigenvalue weighted by molar-refractivity contribution is 8.00. The van der Waals surface area contributed by atoms with Gasteiger partial charge >= 0.3 is 10.8 Å².